The molecular weight excluding hydrogens is 197 g/mol. The Balaban J connectivity index is 2.70. The summed E-state index contributed by atoms with van der Waals surface area (Å²) in [5.41, 5.74) is 1.05. The van der Waals surface area contributed by atoms with Crippen molar-refractivity contribution in [3.05, 3.63) is 29.6 Å². The molecule has 0 aliphatic rings. The monoisotopic (exact) mass is 213 g/mol. The van der Waals surface area contributed by atoms with Crippen molar-refractivity contribution in [1.82, 2.24) is 5.32 Å². The highest BCUT2D eigenvalue weighted by molar-refractivity contribution is 7.98. The Morgan fingerprint density at radius 3 is 2.86 bits per heavy atom. The lowest BCUT2D eigenvalue weighted by atomic mass is 10.2. The van der Waals surface area contributed by atoms with Gasteiger partial charge in [0.25, 0.3) is 0 Å². The van der Waals surface area contributed by atoms with E-state index in [1.807, 2.05) is 12.3 Å². The third-order valence-corrected chi connectivity index (χ3v) is 2.86. The fourth-order valence-corrected chi connectivity index (χ4v) is 1.99. The van der Waals surface area contributed by atoms with E-state index in [-0.39, 0.29) is 5.82 Å². The predicted octanol–water partition coefficient (Wildman–Crippen LogP) is 3.05. The number of halogens is 1. The zero-order valence-electron chi connectivity index (χ0n) is 8.64. The van der Waals surface area contributed by atoms with Gasteiger partial charge < -0.3 is 5.32 Å². The topological polar surface area (TPSA) is 12.0 Å². The van der Waals surface area contributed by atoms with Gasteiger partial charge in [0, 0.05) is 11.4 Å². The standard InChI is InChI=1S/C11H16FNS/c1-3-7-13-8-9-5-4-6-10(12)11(9)14-2/h4-6,13H,3,7-8H2,1-2H3. The molecule has 1 nitrogen and oxygen atoms in total. The molecule has 0 heterocycles. The van der Waals surface area contributed by atoms with Gasteiger partial charge in [-0.2, -0.15) is 0 Å². The Kier molecular flexibility index (Phi) is 4.98. The molecule has 0 fully saturated rings. The average molecular weight is 213 g/mol. The Hall–Kier alpha value is -0.540. The van der Waals surface area contributed by atoms with Gasteiger partial charge in [0.15, 0.2) is 0 Å². The summed E-state index contributed by atoms with van der Waals surface area (Å²) < 4.78 is 13.3. The lowest BCUT2D eigenvalue weighted by Gasteiger charge is -2.08. The molecule has 0 saturated heterocycles. The summed E-state index contributed by atoms with van der Waals surface area (Å²) in [6, 6.07) is 5.24. The van der Waals surface area contributed by atoms with Crippen molar-refractivity contribution in [2.45, 2.75) is 24.8 Å². The number of rotatable bonds is 5. The van der Waals surface area contributed by atoms with Crippen molar-refractivity contribution in [1.29, 1.82) is 0 Å². The van der Waals surface area contributed by atoms with Crippen LogP contribution in [-0.2, 0) is 6.54 Å². The third-order valence-electron chi connectivity index (χ3n) is 1.99. The first kappa shape index (κ1) is 11.5. The Morgan fingerprint density at radius 2 is 2.21 bits per heavy atom. The minimum atomic E-state index is -0.117. The van der Waals surface area contributed by atoms with Gasteiger partial charge in [0.1, 0.15) is 5.82 Å². The van der Waals surface area contributed by atoms with Gasteiger partial charge in [-0.25, -0.2) is 4.39 Å². The lowest BCUT2D eigenvalue weighted by Crippen LogP contribution is -2.14. The molecule has 0 atom stereocenters. The Morgan fingerprint density at radius 1 is 1.43 bits per heavy atom. The van der Waals surface area contributed by atoms with Crippen LogP contribution < -0.4 is 5.32 Å². The molecule has 1 aromatic carbocycles. The molecule has 14 heavy (non-hydrogen) atoms. The zero-order valence-corrected chi connectivity index (χ0v) is 9.46. The van der Waals surface area contributed by atoms with Crippen LogP contribution in [0.15, 0.2) is 23.1 Å². The van der Waals surface area contributed by atoms with E-state index in [1.54, 1.807) is 6.07 Å². The van der Waals surface area contributed by atoms with E-state index in [2.05, 4.69) is 12.2 Å². The molecule has 1 rings (SSSR count). The first-order valence-corrected chi connectivity index (χ1v) is 6.04. The summed E-state index contributed by atoms with van der Waals surface area (Å²) in [7, 11) is 0. The molecule has 0 saturated carbocycles. The number of nitrogens with one attached hydrogen (secondary N) is 1. The molecule has 1 N–H and O–H groups in total. The van der Waals surface area contributed by atoms with Crippen LogP contribution in [0.3, 0.4) is 0 Å². The number of hydrogen-bond donors (Lipinski definition) is 1. The molecule has 1 aromatic rings. The van der Waals surface area contributed by atoms with E-state index in [1.165, 1.54) is 17.8 Å². The molecule has 3 heteroatoms. The number of thioether (sulfide) groups is 1. The summed E-state index contributed by atoms with van der Waals surface area (Å²) in [5, 5.41) is 3.27. The number of benzene rings is 1. The van der Waals surface area contributed by atoms with E-state index in [0.29, 0.717) is 0 Å². The SMILES string of the molecule is CCCNCc1cccc(F)c1SC. The molecule has 0 aromatic heterocycles. The summed E-state index contributed by atoms with van der Waals surface area (Å²) >= 11 is 1.47. The van der Waals surface area contributed by atoms with Crippen LogP contribution in [0.5, 0.6) is 0 Å². The van der Waals surface area contributed by atoms with Crippen LogP contribution in [0.1, 0.15) is 18.9 Å². The van der Waals surface area contributed by atoms with E-state index in [0.717, 1.165) is 30.0 Å². The summed E-state index contributed by atoms with van der Waals surface area (Å²) in [4.78, 5) is 0.760. The second-order valence-corrected chi connectivity index (χ2v) is 3.93. The normalized spacial score (nSPS) is 10.5. The van der Waals surface area contributed by atoms with Gasteiger partial charge in [-0.1, -0.05) is 19.1 Å². The maximum Gasteiger partial charge on any atom is 0.137 e. The van der Waals surface area contributed by atoms with Crippen LogP contribution in [0.2, 0.25) is 0 Å². The van der Waals surface area contributed by atoms with Gasteiger partial charge in [-0.3, -0.25) is 0 Å². The molecule has 0 unspecified atom stereocenters. The quantitative estimate of drug-likeness (QED) is 0.596. The van der Waals surface area contributed by atoms with Crippen LogP contribution in [0.4, 0.5) is 4.39 Å². The lowest BCUT2D eigenvalue weighted by molar-refractivity contribution is 0.589. The van der Waals surface area contributed by atoms with Crippen molar-refractivity contribution in [2.75, 3.05) is 12.8 Å². The first-order chi connectivity index (χ1) is 6.79. The number of hydrogen-bond acceptors (Lipinski definition) is 2. The second kappa shape index (κ2) is 6.04. The van der Waals surface area contributed by atoms with Crippen LogP contribution >= 0.6 is 11.8 Å². The van der Waals surface area contributed by atoms with Gasteiger partial charge in [0.05, 0.1) is 0 Å². The van der Waals surface area contributed by atoms with E-state index in [4.69, 9.17) is 0 Å². The largest absolute Gasteiger partial charge is 0.313 e. The molecule has 0 amide bonds. The van der Waals surface area contributed by atoms with Crippen molar-refractivity contribution in [2.24, 2.45) is 0 Å². The van der Waals surface area contributed by atoms with Crippen LogP contribution in [0, 0.1) is 5.82 Å². The minimum Gasteiger partial charge on any atom is -0.313 e. The van der Waals surface area contributed by atoms with Crippen molar-refractivity contribution >= 4 is 11.8 Å². The molecule has 78 valence electrons. The first-order valence-electron chi connectivity index (χ1n) is 4.81. The van der Waals surface area contributed by atoms with Gasteiger partial charge >= 0.3 is 0 Å². The van der Waals surface area contributed by atoms with Gasteiger partial charge in [0.2, 0.25) is 0 Å². The maximum atomic E-state index is 13.3. The zero-order chi connectivity index (χ0) is 10.4. The smallest absolute Gasteiger partial charge is 0.137 e. The van der Waals surface area contributed by atoms with Gasteiger partial charge in [-0.05, 0) is 30.9 Å². The molecule has 0 aliphatic heterocycles. The highest BCUT2D eigenvalue weighted by Crippen LogP contribution is 2.23. The Bertz CT molecular complexity index is 289. The van der Waals surface area contributed by atoms with E-state index >= 15 is 0 Å². The highest BCUT2D eigenvalue weighted by Gasteiger charge is 2.05. The molecule has 0 aliphatic carbocycles. The second-order valence-electron chi connectivity index (χ2n) is 3.11. The Labute approximate surface area is 89.1 Å². The third kappa shape index (κ3) is 3.00. The van der Waals surface area contributed by atoms with Crippen molar-refractivity contribution < 1.29 is 4.39 Å². The van der Waals surface area contributed by atoms with Crippen LogP contribution in [-0.4, -0.2) is 12.8 Å². The molecule has 0 radical (unpaired) electrons. The predicted molar refractivity (Wildman–Crippen MR) is 60.2 cm³/mol. The van der Waals surface area contributed by atoms with Crippen molar-refractivity contribution in [3.8, 4) is 0 Å². The van der Waals surface area contributed by atoms with Crippen LogP contribution in [0.25, 0.3) is 0 Å². The summed E-state index contributed by atoms with van der Waals surface area (Å²) in [5.74, 6) is -0.117. The van der Waals surface area contributed by atoms with E-state index in [9.17, 15) is 4.39 Å². The fourth-order valence-electron chi connectivity index (χ4n) is 1.32. The summed E-state index contributed by atoms with van der Waals surface area (Å²) in [6.07, 6.45) is 3.01. The van der Waals surface area contributed by atoms with Crippen molar-refractivity contribution in [3.63, 3.8) is 0 Å². The minimum absolute atomic E-state index is 0.117. The summed E-state index contributed by atoms with van der Waals surface area (Å²) in [6.45, 7) is 3.85. The fraction of sp³-hybridized carbons (Fsp3) is 0.455. The highest BCUT2D eigenvalue weighted by atomic mass is 32.2. The molecule has 0 spiro atoms. The molecular formula is C11H16FNS. The average Bonchev–Trinajstić information content (AvgIpc) is 2.18. The molecule has 0 bridgehead atoms. The van der Waals surface area contributed by atoms with Gasteiger partial charge in [-0.15, -0.1) is 11.8 Å². The van der Waals surface area contributed by atoms with E-state index < -0.39 is 0 Å². The maximum absolute atomic E-state index is 13.3.